The Morgan fingerprint density at radius 3 is 2.74 bits per heavy atom. The van der Waals surface area contributed by atoms with E-state index in [2.05, 4.69) is 47.1 Å². The number of halogens is 2. The van der Waals surface area contributed by atoms with Crippen molar-refractivity contribution in [3.63, 3.8) is 0 Å². The maximum Gasteiger partial charge on any atom is 0.163 e. The summed E-state index contributed by atoms with van der Waals surface area (Å²) in [5.74, 6) is 1.96. The molecule has 7 heteroatoms. The van der Waals surface area contributed by atoms with E-state index in [1.165, 1.54) is 6.33 Å². The van der Waals surface area contributed by atoms with Gasteiger partial charge in [0.25, 0.3) is 0 Å². The van der Waals surface area contributed by atoms with Crippen LogP contribution in [0.1, 0.15) is 0 Å². The lowest BCUT2D eigenvalue weighted by molar-refractivity contribution is 0.347. The Morgan fingerprint density at radius 2 is 2.00 bits per heavy atom. The molecule has 0 atom stereocenters. The molecule has 118 valence electrons. The highest BCUT2D eigenvalue weighted by Crippen LogP contribution is 2.35. The van der Waals surface area contributed by atoms with Gasteiger partial charge in [0.2, 0.25) is 0 Å². The third kappa shape index (κ3) is 3.56. The lowest BCUT2D eigenvalue weighted by Crippen LogP contribution is -1.98. The SMILES string of the molecule is COc1cc2ncnc(Nc3cccc(Br)c3)c2cc1OCBr. The molecule has 1 heterocycles. The van der Waals surface area contributed by atoms with E-state index >= 15 is 0 Å². The molecule has 0 spiro atoms. The molecule has 1 aromatic heterocycles. The standard InChI is InChI=1S/C16H13Br2N3O2/c1-22-14-7-13-12(6-15(14)23-8-17)16(20-9-19-13)21-11-4-2-3-10(18)5-11/h2-7,9H,8H2,1H3,(H,19,20,21). The third-order valence-electron chi connectivity index (χ3n) is 3.22. The quantitative estimate of drug-likeness (QED) is 0.575. The molecule has 0 bridgehead atoms. The molecule has 0 saturated carbocycles. The van der Waals surface area contributed by atoms with Gasteiger partial charge in [0.15, 0.2) is 11.5 Å². The van der Waals surface area contributed by atoms with Gasteiger partial charge in [0.05, 0.1) is 12.6 Å². The molecule has 0 aliphatic rings. The van der Waals surface area contributed by atoms with Gasteiger partial charge in [-0.05, 0) is 40.2 Å². The van der Waals surface area contributed by atoms with Crippen LogP contribution in [0.5, 0.6) is 11.5 Å². The Morgan fingerprint density at radius 1 is 1.13 bits per heavy atom. The van der Waals surface area contributed by atoms with E-state index in [-0.39, 0.29) is 0 Å². The van der Waals surface area contributed by atoms with Crippen LogP contribution in [0.3, 0.4) is 0 Å². The van der Waals surface area contributed by atoms with Crippen LogP contribution in [0.2, 0.25) is 0 Å². The summed E-state index contributed by atoms with van der Waals surface area (Å²) >= 11 is 6.73. The first-order valence-corrected chi connectivity index (χ1v) is 8.67. The zero-order chi connectivity index (χ0) is 16.2. The molecule has 1 N–H and O–H groups in total. The fraction of sp³-hybridized carbons (Fsp3) is 0.125. The lowest BCUT2D eigenvalue weighted by atomic mass is 10.2. The second kappa shape index (κ2) is 7.14. The molecule has 0 aliphatic heterocycles. The van der Waals surface area contributed by atoms with Crippen LogP contribution in [-0.2, 0) is 0 Å². The van der Waals surface area contributed by atoms with Crippen LogP contribution >= 0.6 is 31.9 Å². The van der Waals surface area contributed by atoms with Gasteiger partial charge >= 0.3 is 0 Å². The summed E-state index contributed by atoms with van der Waals surface area (Å²) in [5.41, 5.74) is 2.08. The highest BCUT2D eigenvalue weighted by molar-refractivity contribution is 9.10. The Labute approximate surface area is 150 Å². The molecule has 23 heavy (non-hydrogen) atoms. The molecular weight excluding hydrogens is 426 g/mol. The summed E-state index contributed by atoms with van der Waals surface area (Å²) in [4.78, 5) is 8.65. The summed E-state index contributed by atoms with van der Waals surface area (Å²) in [6.45, 7) is 0. The number of hydrogen-bond acceptors (Lipinski definition) is 5. The third-order valence-corrected chi connectivity index (χ3v) is 3.94. The summed E-state index contributed by atoms with van der Waals surface area (Å²) in [6, 6.07) is 11.6. The normalized spacial score (nSPS) is 10.6. The molecule has 0 fully saturated rings. The number of anilines is 2. The van der Waals surface area contributed by atoms with Gasteiger partial charge in [-0.25, -0.2) is 9.97 Å². The number of nitrogens with zero attached hydrogens (tertiary/aromatic N) is 2. The topological polar surface area (TPSA) is 56.3 Å². The Hall–Kier alpha value is -1.86. The summed E-state index contributed by atoms with van der Waals surface area (Å²) < 4.78 is 11.9. The zero-order valence-electron chi connectivity index (χ0n) is 12.2. The van der Waals surface area contributed by atoms with Crippen molar-refractivity contribution in [1.82, 2.24) is 9.97 Å². The van der Waals surface area contributed by atoms with Crippen molar-refractivity contribution in [2.75, 3.05) is 17.9 Å². The van der Waals surface area contributed by atoms with E-state index in [9.17, 15) is 0 Å². The molecule has 5 nitrogen and oxygen atoms in total. The summed E-state index contributed by atoms with van der Waals surface area (Å²) in [5, 5.41) is 4.16. The molecule has 0 radical (unpaired) electrons. The fourth-order valence-corrected chi connectivity index (χ4v) is 2.84. The van der Waals surface area contributed by atoms with Gasteiger partial charge in [-0.3, -0.25) is 0 Å². The summed E-state index contributed by atoms with van der Waals surface area (Å²) in [6.07, 6.45) is 1.52. The van der Waals surface area contributed by atoms with Gasteiger partial charge < -0.3 is 14.8 Å². The number of hydrogen-bond donors (Lipinski definition) is 1. The number of benzene rings is 2. The molecular formula is C16H13Br2N3O2. The lowest BCUT2D eigenvalue weighted by Gasteiger charge is -2.12. The Bertz CT molecular complexity index is 843. The van der Waals surface area contributed by atoms with Crippen LogP contribution in [0, 0.1) is 0 Å². The van der Waals surface area contributed by atoms with Crippen molar-refractivity contribution in [3.05, 3.63) is 47.2 Å². The van der Waals surface area contributed by atoms with Gasteiger partial charge in [0.1, 0.15) is 17.7 Å². The smallest absolute Gasteiger partial charge is 0.163 e. The number of nitrogens with one attached hydrogen (secondary N) is 1. The maximum atomic E-state index is 5.56. The minimum Gasteiger partial charge on any atom is -0.493 e. The maximum absolute atomic E-state index is 5.56. The van der Waals surface area contributed by atoms with Crippen LogP contribution < -0.4 is 14.8 Å². The van der Waals surface area contributed by atoms with Crippen molar-refractivity contribution >= 4 is 54.3 Å². The molecule has 0 amide bonds. The highest BCUT2D eigenvalue weighted by Gasteiger charge is 2.11. The molecule has 0 aliphatic carbocycles. The van der Waals surface area contributed by atoms with E-state index in [1.807, 2.05) is 36.4 Å². The second-order valence-electron chi connectivity index (χ2n) is 4.63. The largest absolute Gasteiger partial charge is 0.493 e. The number of ether oxygens (including phenoxy) is 2. The molecule has 3 aromatic rings. The van der Waals surface area contributed by atoms with Crippen molar-refractivity contribution in [1.29, 1.82) is 0 Å². The van der Waals surface area contributed by atoms with E-state index < -0.39 is 0 Å². The first kappa shape index (κ1) is 16.0. The Balaban J connectivity index is 2.08. The fourth-order valence-electron chi connectivity index (χ4n) is 2.20. The number of methoxy groups -OCH3 is 1. The van der Waals surface area contributed by atoms with Crippen LogP contribution in [0.25, 0.3) is 10.9 Å². The average Bonchev–Trinajstić information content (AvgIpc) is 2.55. The first-order chi connectivity index (χ1) is 11.2. The molecule has 0 saturated heterocycles. The van der Waals surface area contributed by atoms with Crippen LogP contribution in [-0.4, -0.2) is 22.6 Å². The van der Waals surface area contributed by atoms with E-state index in [0.717, 1.165) is 21.1 Å². The van der Waals surface area contributed by atoms with E-state index in [0.29, 0.717) is 22.8 Å². The predicted molar refractivity (Wildman–Crippen MR) is 97.9 cm³/mol. The first-order valence-electron chi connectivity index (χ1n) is 6.75. The van der Waals surface area contributed by atoms with Crippen molar-refractivity contribution < 1.29 is 9.47 Å². The monoisotopic (exact) mass is 437 g/mol. The van der Waals surface area contributed by atoms with Gasteiger partial charge in [-0.1, -0.05) is 22.0 Å². The van der Waals surface area contributed by atoms with Gasteiger partial charge in [0, 0.05) is 21.6 Å². The zero-order valence-corrected chi connectivity index (χ0v) is 15.4. The second-order valence-corrected chi connectivity index (χ2v) is 6.00. The molecule has 0 unspecified atom stereocenters. The minimum atomic E-state index is 0.372. The number of rotatable bonds is 5. The van der Waals surface area contributed by atoms with Crippen molar-refractivity contribution in [2.24, 2.45) is 0 Å². The van der Waals surface area contributed by atoms with Gasteiger partial charge in [-0.15, -0.1) is 0 Å². The number of alkyl halides is 1. The van der Waals surface area contributed by atoms with E-state index in [1.54, 1.807) is 7.11 Å². The number of aromatic nitrogens is 2. The molecule has 3 rings (SSSR count). The predicted octanol–water partition coefficient (Wildman–Crippen LogP) is 4.88. The number of fused-ring (bicyclic) bond motifs is 1. The van der Waals surface area contributed by atoms with Crippen LogP contribution in [0.15, 0.2) is 47.2 Å². The average molecular weight is 439 g/mol. The van der Waals surface area contributed by atoms with Crippen molar-refractivity contribution in [2.45, 2.75) is 0 Å². The van der Waals surface area contributed by atoms with E-state index in [4.69, 9.17) is 9.47 Å². The highest BCUT2D eigenvalue weighted by atomic mass is 79.9. The Kier molecular flexibility index (Phi) is 4.97. The van der Waals surface area contributed by atoms with Gasteiger partial charge in [-0.2, -0.15) is 0 Å². The minimum absolute atomic E-state index is 0.372. The van der Waals surface area contributed by atoms with Crippen molar-refractivity contribution in [3.8, 4) is 11.5 Å². The molecule has 2 aromatic carbocycles. The van der Waals surface area contributed by atoms with Crippen LogP contribution in [0.4, 0.5) is 11.5 Å². The summed E-state index contributed by atoms with van der Waals surface area (Å²) in [7, 11) is 1.60.